The predicted molar refractivity (Wildman–Crippen MR) is 102 cm³/mol. The van der Waals surface area contributed by atoms with Gasteiger partial charge in [-0.25, -0.2) is 4.99 Å². The van der Waals surface area contributed by atoms with Crippen molar-refractivity contribution in [1.82, 2.24) is 30.7 Å². The van der Waals surface area contributed by atoms with Crippen LogP contribution in [0.25, 0.3) is 0 Å². The molecule has 0 spiro atoms. The Balaban J connectivity index is 0.00000484. The summed E-state index contributed by atoms with van der Waals surface area (Å²) in [5.41, 5.74) is 0. The Hall–Kier alpha value is -1.39. The molecule has 0 unspecified atom stereocenters. The first-order chi connectivity index (χ1) is 10.7. The number of rotatable bonds is 9. The van der Waals surface area contributed by atoms with Gasteiger partial charge in [0.15, 0.2) is 5.96 Å². The van der Waals surface area contributed by atoms with Crippen molar-refractivity contribution in [2.24, 2.45) is 4.99 Å². The lowest BCUT2D eigenvalue weighted by Gasteiger charge is -2.12. The van der Waals surface area contributed by atoms with Crippen molar-refractivity contribution in [1.29, 1.82) is 0 Å². The van der Waals surface area contributed by atoms with E-state index in [1.54, 1.807) is 6.33 Å². The third-order valence-corrected chi connectivity index (χ3v) is 2.95. The van der Waals surface area contributed by atoms with Gasteiger partial charge >= 0.3 is 0 Å². The second-order valence-electron chi connectivity index (χ2n) is 4.77. The zero-order valence-electron chi connectivity index (χ0n) is 14.1. The molecule has 1 aromatic rings. The van der Waals surface area contributed by atoms with E-state index in [9.17, 15) is 4.79 Å². The Labute approximate surface area is 154 Å². The SMILES string of the molecule is CCCNC(=O)CN=C(NCC)NCCn1cnnc1CC.I. The second kappa shape index (κ2) is 13.1. The van der Waals surface area contributed by atoms with Crippen LogP contribution in [-0.2, 0) is 17.8 Å². The Kier molecular flexibility index (Phi) is 12.3. The van der Waals surface area contributed by atoms with Crippen molar-refractivity contribution in [2.75, 3.05) is 26.2 Å². The van der Waals surface area contributed by atoms with Gasteiger partial charge in [0.2, 0.25) is 5.91 Å². The van der Waals surface area contributed by atoms with Crippen LogP contribution in [0.3, 0.4) is 0 Å². The number of halogens is 1. The van der Waals surface area contributed by atoms with Crippen LogP contribution in [0.15, 0.2) is 11.3 Å². The van der Waals surface area contributed by atoms with E-state index in [1.165, 1.54) is 0 Å². The third-order valence-electron chi connectivity index (χ3n) is 2.95. The molecule has 132 valence electrons. The van der Waals surface area contributed by atoms with Gasteiger partial charge in [-0.05, 0) is 13.3 Å². The van der Waals surface area contributed by atoms with E-state index < -0.39 is 0 Å². The van der Waals surface area contributed by atoms with Gasteiger partial charge in [-0.15, -0.1) is 34.2 Å². The number of aliphatic imine (C=N–C) groups is 1. The van der Waals surface area contributed by atoms with E-state index in [0.717, 1.165) is 31.8 Å². The summed E-state index contributed by atoms with van der Waals surface area (Å²) in [7, 11) is 0. The highest BCUT2D eigenvalue weighted by Gasteiger charge is 2.03. The first-order valence-electron chi connectivity index (χ1n) is 7.86. The molecule has 0 atom stereocenters. The fraction of sp³-hybridized carbons (Fsp3) is 0.714. The highest BCUT2D eigenvalue weighted by atomic mass is 127. The zero-order chi connectivity index (χ0) is 16.2. The molecule has 1 heterocycles. The fourth-order valence-electron chi connectivity index (χ4n) is 1.85. The summed E-state index contributed by atoms with van der Waals surface area (Å²) < 4.78 is 2.00. The van der Waals surface area contributed by atoms with Crippen LogP contribution in [-0.4, -0.2) is 52.8 Å². The monoisotopic (exact) mass is 437 g/mol. The quantitative estimate of drug-likeness (QED) is 0.298. The summed E-state index contributed by atoms with van der Waals surface area (Å²) in [6.07, 6.45) is 3.50. The maximum Gasteiger partial charge on any atom is 0.241 e. The molecule has 0 bridgehead atoms. The van der Waals surface area contributed by atoms with E-state index in [4.69, 9.17) is 0 Å². The molecule has 9 heteroatoms. The molecule has 0 aliphatic carbocycles. The molecule has 0 saturated heterocycles. The maximum absolute atomic E-state index is 11.6. The average Bonchev–Trinajstić information content (AvgIpc) is 2.98. The molecular formula is C14H28IN7O. The summed E-state index contributed by atoms with van der Waals surface area (Å²) in [6.45, 7) is 9.06. The van der Waals surface area contributed by atoms with Crippen LogP contribution in [0, 0.1) is 0 Å². The fourth-order valence-corrected chi connectivity index (χ4v) is 1.85. The number of aromatic nitrogens is 3. The molecule has 1 amide bonds. The van der Waals surface area contributed by atoms with Crippen LogP contribution < -0.4 is 16.0 Å². The van der Waals surface area contributed by atoms with Crippen LogP contribution in [0.1, 0.15) is 33.0 Å². The van der Waals surface area contributed by atoms with Crippen LogP contribution in [0.5, 0.6) is 0 Å². The van der Waals surface area contributed by atoms with Gasteiger partial charge in [0.05, 0.1) is 0 Å². The Morgan fingerprint density at radius 1 is 1.22 bits per heavy atom. The molecule has 0 aliphatic heterocycles. The maximum atomic E-state index is 11.6. The van der Waals surface area contributed by atoms with E-state index in [0.29, 0.717) is 19.0 Å². The minimum Gasteiger partial charge on any atom is -0.357 e. The average molecular weight is 437 g/mol. The van der Waals surface area contributed by atoms with E-state index in [2.05, 4.69) is 31.1 Å². The van der Waals surface area contributed by atoms with Crippen molar-refractivity contribution in [3.63, 3.8) is 0 Å². The van der Waals surface area contributed by atoms with Gasteiger partial charge in [0.25, 0.3) is 0 Å². The Morgan fingerprint density at radius 3 is 2.65 bits per heavy atom. The van der Waals surface area contributed by atoms with E-state index in [-0.39, 0.29) is 36.4 Å². The van der Waals surface area contributed by atoms with Gasteiger partial charge in [0.1, 0.15) is 18.7 Å². The molecular weight excluding hydrogens is 409 g/mol. The van der Waals surface area contributed by atoms with E-state index in [1.807, 2.05) is 25.3 Å². The molecule has 0 radical (unpaired) electrons. The number of amides is 1. The van der Waals surface area contributed by atoms with Crippen LogP contribution in [0.4, 0.5) is 0 Å². The molecule has 1 rings (SSSR count). The molecule has 3 N–H and O–H groups in total. The first-order valence-corrected chi connectivity index (χ1v) is 7.86. The number of guanidine groups is 1. The van der Waals surface area contributed by atoms with Gasteiger partial charge in [0, 0.05) is 32.6 Å². The van der Waals surface area contributed by atoms with Gasteiger partial charge in [-0.2, -0.15) is 0 Å². The van der Waals surface area contributed by atoms with Gasteiger partial charge in [-0.1, -0.05) is 13.8 Å². The summed E-state index contributed by atoms with van der Waals surface area (Å²) in [5.74, 6) is 1.54. The Bertz CT molecular complexity index is 475. The normalized spacial score (nSPS) is 10.8. The van der Waals surface area contributed by atoms with E-state index >= 15 is 0 Å². The molecule has 0 fully saturated rings. The standard InChI is InChI=1S/C14H27N7O.HI/c1-4-7-16-13(22)10-18-14(15-6-3)17-8-9-21-11-19-20-12(21)5-2;/h11H,4-10H2,1-3H3,(H,16,22)(H2,15,17,18);1H. The van der Waals surface area contributed by atoms with Crippen LogP contribution >= 0.6 is 24.0 Å². The number of nitrogens with one attached hydrogen (secondary N) is 3. The summed E-state index contributed by atoms with van der Waals surface area (Å²) >= 11 is 0. The highest BCUT2D eigenvalue weighted by Crippen LogP contribution is 1.94. The first kappa shape index (κ1) is 21.6. The van der Waals surface area contributed by atoms with Crippen molar-refractivity contribution in [3.05, 3.63) is 12.2 Å². The van der Waals surface area contributed by atoms with Gasteiger partial charge < -0.3 is 20.5 Å². The lowest BCUT2D eigenvalue weighted by atomic mass is 10.4. The zero-order valence-corrected chi connectivity index (χ0v) is 16.5. The smallest absolute Gasteiger partial charge is 0.241 e. The van der Waals surface area contributed by atoms with Crippen molar-refractivity contribution < 1.29 is 4.79 Å². The third kappa shape index (κ3) is 8.72. The highest BCUT2D eigenvalue weighted by molar-refractivity contribution is 14.0. The number of aryl methyl sites for hydroxylation is 1. The second-order valence-corrected chi connectivity index (χ2v) is 4.77. The minimum atomic E-state index is -0.0638. The molecule has 0 saturated carbocycles. The van der Waals surface area contributed by atoms with Crippen LogP contribution in [0.2, 0.25) is 0 Å². The summed E-state index contributed by atoms with van der Waals surface area (Å²) in [5, 5.41) is 17.1. The number of carbonyl (C=O) groups is 1. The molecule has 1 aromatic heterocycles. The molecule has 0 aromatic carbocycles. The van der Waals surface area contributed by atoms with Gasteiger partial charge in [-0.3, -0.25) is 4.79 Å². The molecule has 23 heavy (non-hydrogen) atoms. The molecule has 0 aliphatic rings. The summed E-state index contributed by atoms with van der Waals surface area (Å²) in [4.78, 5) is 15.8. The summed E-state index contributed by atoms with van der Waals surface area (Å²) in [6, 6.07) is 0. The molecule has 8 nitrogen and oxygen atoms in total. The predicted octanol–water partition coefficient (Wildman–Crippen LogP) is 0.540. The number of hydrogen-bond acceptors (Lipinski definition) is 4. The van der Waals surface area contributed by atoms with Crippen molar-refractivity contribution >= 4 is 35.8 Å². The van der Waals surface area contributed by atoms with Crippen molar-refractivity contribution in [2.45, 2.75) is 40.2 Å². The minimum absolute atomic E-state index is 0. The number of hydrogen-bond donors (Lipinski definition) is 3. The number of nitrogens with zero attached hydrogens (tertiary/aromatic N) is 4. The lowest BCUT2D eigenvalue weighted by Crippen LogP contribution is -2.40. The lowest BCUT2D eigenvalue weighted by molar-refractivity contribution is -0.119. The topological polar surface area (TPSA) is 96.2 Å². The number of carbonyl (C=O) groups excluding carboxylic acids is 1. The Morgan fingerprint density at radius 2 is 2.00 bits per heavy atom. The largest absolute Gasteiger partial charge is 0.357 e. The van der Waals surface area contributed by atoms with Crippen molar-refractivity contribution in [3.8, 4) is 0 Å².